The molecule has 0 bridgehead atoms. The number of carbonyl (C=O) groups excluding carboxylic acids is 1. The number of nitrogens with one attached hydrogen (secondary N) is 1. The molecule has 0 aliphatic carbocycles. The molecule has 1 heterocycles. The zero-order chi connectivity index (χ0) is 20.1. The molecule has 0 radical (unpaired) electrons. The van der Waals surface area contributed by atoms with Crippen molar-refractivity contribution in [3.8, 4) is 0 Å². The maximum atomic E-state index is 12.7. The fourth-order valence-electron chi connectivity index (χ4n) is 2.89. The summed E-state index contributed by atoms with van der Waals surface area (Å²) in [5.41, 5.74) is 4.61. The highest BCUT2D eigenvalue weighted by atomic mass is 16.1. The zero-order valence-corrected chi connectivity index (χ0v) is 16.8. The zero-order valence-electron chi connectivity index (χ0n) is 16.8. The van der Waals surface area contributed by atoms with Crippen molar-refractivity contribution in [2.75, 3.05) is 10.2 Å². The molecule has 0 spiro atoms. The van der Waals surface area contributed by atoms with Gasteiger partial charge in [0.2, 0.25) is 5.95 Å². The Morgan fingerprint density at radius 3 is 2.46 bits per heavy atom. The molecule has 0 unspecified atom stereocenters. The summed E-state index contributed by atoms with van der Waals surface area (Å²) in [5, 5.41) is 2.92. The molecule has 1 amide bonds. The molecule has 2 aromatic carbocycles. The van der Waals surface area contributed by atoms with E-state index in [9.17, 15) is 4.79 Å². The van der Waals surface area contributed by atoms with E-state index in [0.29, 0.717) is 18.2 Å². The second-order valence-electron chi connectivity index (χ2n) is 7.20. The third-order valence-corrected chi connectivity index (χ3v) is 4.72. The van der Waals surface area contributed by atoms with E-state index in [2.05, 4.69) is 46.2 Å². The van der Waals surface area contributed by atoms with Gasteiger partial charge in [0.05, 0.1) is 0 Å². The highest BCUT2D eigenvalue weighted by Crippen LogP contribution is 2.18. The third-order valence-electron chi connectivity index (χ3n) is 4.72. The molecule has 0 saturated carbocycles. The van der Waals surface area contributed by atoms with Crippen LogP contribution in [0.15, 0.2) is 60.8 Å². The number of hydrogen-bond donors (Lipinski definition) is 1. The van der Waals surface area contributed by atoms with Gasteiger partial charge in [0.25, 0.3) is 5.91 Å². The lowest BCUT2D eigenvalue weighted by molar-refractivity contribution is 0.102. The van der Waals surface area contributed by atoms with Crippen LogP contribution in [0.3, 0.4) is 0 Å². The molecular formula is C23H26N4O. The van der Waals surface area contributed by atoms with Crippen LogP contribution < -0.4 is 10.2 Å². The summed E-state index contributed by atoms with van der Waals surface area (Å²) in [7, 11) is 0. The van der Waals surface area contributed by atoms with Gasteiger partial charge in [-0.2, -0.15) is 0 Å². The third kappa shape index (κ3) is 4.74. The van der Waals surface area contributed by atoms with Gasteiger partial charge < -0.3 is 10.2 Å². The quantitative estimate of drug-likeness (QED) is 0.676. The second kappa shape index (κ2) is 8.65. The summed E-state index contributed by atoms with van der Waals surface area (Å²) in [4.78, 5) is 23.7. The van der Waals surface area contributed by atoms with Gasteiger partial charge in [0.1, 0.15) is 5.69 Å². The summed E-state index contributed by atoms with van der Waals surface area (Å²) >= 11 is 0. The SMILES string of the molecule is Cc1ccc(NC(=O)c2ccnc(N(Cc3ccccc3)C(C)C)n2)cc1C. The van der Waals surface area contributed by atoms with Crippen molar-refractivity contribution >= 4 is 17.5 Å². The molecule has 3 rings (SSSR count). The minimum atomic E-state index is -0.240. The molecule has 3 aromatic rings. The maximum absolute atomic E-state index is 12.7. The Morgan fingerprint density at radius 2 is 1.79 bits per heavy atom. The van der Waals surface area contributed by atoms with Crippen molar-refractivity contribution in [2.45, 2.75) is 40.3 Å². The summed E-state index contributed by atoms with van der Waals surface area (Å²) in [6, 6.07) is 17.9. The van der Waals surface area contributed by atoms with Crippen molar-refractivity contribution in [1.29, 1.82) is 0 Å². The topological polar surface area (TPSA) is 58.1 Å². The molecule has 5 heteroatoms. The fraction of sp³-hybridized carbons (Fsp3) is 0.261. The Hall–Kier alpha value is -3.21. The van der Waals surface area contributed by atoms with Crippen LogP contribution in [0.5, 0.6) is 0 Å². The Balaban J connectivity index is 1.81. The van der Waals surface area contributed by atoms with E-state index >= 15 is 0 Å². The highest BCUT2D eigenvalue weighted by molar-refractivity contribution is 6.03. The average Bonchev–Trinajstić information content (AvgIpc) is 2.69. The standard InChI is InChI=1S/C23H26N4O/c1-16(2)27(15-19-8-6-5-7-9-19)23-24-13-12-21(26-23)22(28)25-20-11-10-17(3)18(4)14-20/h5-14,16H,15H2,1-4H3,(H,25,28). The molecule has 0 saturated heterocycles. The average molecular weight is 374 g/mol. The number of hydrogen-bond acceptors (Lipinski definition) is 4. The van der Waals surface area contributed by atoms with E-state index in [0.717, 1.165) is 11.3 Å². The molecule has 28 heavy (non-hydrogen) atoms. The van der Waals surface area contributed by atoms with Gasteiger partial charge in [-0.05, 0) is 62.6 Å². The second-order valence-corrected chi connectivity index (χ2v) is 7.20. The molecule has 0 fully saturated rings. The van der Waals surface area contributed by atoms with Crippen LogP contribution >= 0.6 is 0 Å². The summed E-state index contributed by atoms with van der Waals surface area (Å²) in [6.07, 6.45) is 1.64. The van der Waals surface area contributed by atoms with E-state index < -0.39 is 0 Å². The first-order valence-corrected chi connectivity index (χ1v) is 9.46. The van der Waals surface area contributed by atoms with Crippen molar-refractivity contribution < 1.29 is 4.79 Å². The lowest BCUT2D eigenvalue weighted by Crippen LogP contribution is -2.32. The summed E-state index contributed by atoms with van der Waals surface area (Å²) in [5.74, 6) is 0.307. The van der Waals surface area contributed by atoms with Crippen LogP contribution in [0.2, 0.25) is 0 Å². The number of aromatic nitrogens is 2. The van der Waals surface area contributed by atoms with Gasteiger partial charge in [-0.25, -0.2) is 9.97 Å². The van der Waals surface area contributed by atoms with Crippen LogP contribution in [0.25, 0.3) is 0 Å². The predicted octanol–water partition coefficient (Wildman–Crippen LogP) is 4.76. The van der Waals surface area contributed by atoms with Gasteiger partial charge in [-0.1, -0.05) is 36.4 Å². The normalized spacial score (nSPS) is 10.8. The van der Waals surface area contributed by atoms with E-state index in [1.54, 1.807) is 12.3 Å². The highest BCUT2D eigenvalue weighted by Gasteiger charge is 2.17. The summed E-state index contributed by atoms with van der Waals surface area (Å²) in [6.45, 7) is 8.94. The number of aryl methyl sites for hydroxylation is 2. The van der Waals surface area contributed by atoms with Crippen molar-refractivity contribution in [3.63, 3.8) is 0 Å². The molecule has 0 aliphatic rings. The number of amides is 1. The predicted molar refractivity (Wildman–Crippen MR) is 114 cm³/mol. The first-order chi connectivity index (χ1) is 13.4. The van der Waals surface area contributed by atoms with E-state index in [-0.39, 0.29) is 11.9 Å². The van der Waals surface area contributed by atoms with Crippen LogP contribution in [-0.4, -0.2) is 21.9 Å². The number of rotatable bonds is 6. The Morgan fingerprint density at radius 1 is 1.04 bits per heavy atom. The smallest absolute Gasteiger partial charge is 0.274 e. The molecular weight excluding hydrogens is 348 g/mol. The Bertz CT molecular complexity index is 954. The van der Waals surface area contributed by atoms with Gasteiger partial charge in [0.15, 0.2) is 0 Å². The first-order valence-electron chi connectivity index (χ1n) is 9.46. The molecule has 0 aliphatic heterocycles. The van der Waals surface area contributed by atoms with Crippen molar-refractivity contribution in [3.05, 3.63) is 83.2 Å². The Labute approximate surface area is 166 Å². The monoisotopic (exact) mass is 374 g/mol. The van der Waals surface area contributed by atoms with Gasteiger partial charge in [-0.15, -0.1) is 0 Å². The molecule has 144 valence electrons. The van der Waals surface area contributed by atoms with Crippen LogP contribution in [0.4, 0.5) is 11.6 Å². The fourth-order valence-corrected chi connectivity index (χ4v) is 2.89. The lowest BCUT2D eigenvalue weighted by Gasteiger charge is -2.27. The molecule has 1 N–H and O–H groups in total. The first kappa shape index (κ1) is 19.5. The summed E-state index contributed by atoms with van der Waals surface area (Å²) < 4.78 is 0. The van der Waals surface area contributed by atoms with Crippen LogP contribution in [-0.2, 0) is 6.54 Å². The molecule has 1 aromatic heterocycles. The van der Waals surface area contributed by atoms with E-state index in [1.807, 2.05) is 50.2 Å². The van der Waals surface area contributed by atoms with E-state index in [4.69, 9.17) is 0 Å². The molecule has 0 atom stereocenters. The number of nitrogens with zero attached hydrogens (tertiary/aromatic N) is 3. The largest absolute Gasteiger partial charge is 0.334 e. The number of benzene rings is 2. The number of carbonyl (C=O) groups is 1. The Kier molecular flexibility index (Phi) is 6.04. The minimum Gasteiger partial charge on any atom is -0.334 e. The van der Waals surface area contributed by atoms with Crippen LogP contribution in [0.1, 0.15) is 41.0 Å². The van der Waals surface area contributed by atoms with Gasteiger partial charge in [-0.3, -0.25) is 4.79 Å². The minimum absolute atomic E-state index is 0.193. The maximum Gasteiger partial charge on any atom is 0.274 e. The van der Waals surface area contributed by atoms with E-state index in [1.165, 1.54) is 11.1 Å². The van der Waals surface area contributed by atoms with Crippen LogP contribution in [0, 0.1) is 13.8 Å². The van der Waals surface area contributed by atoms with Gasteiger partial charge in [0, 0.05) is 24.5 Å². The molecule has 5 nitrogen and oxygen atoms in total. The van der Waals surface area contributed by atoms with Crippen molar-refractivity contribution in [2.24, 2.45) is 0 Å². The van der Waals surface area contributed by atoms with Gasteiger partial charge >= 0.3 is 0 Å². The number of anilines is 2. The lowest BCUT2D eigenvalue weighted by atomic mass is 10.1. The van der Waals surface area contributed by atoms with Crippen molar-refractivity contribution in [1.82, 2.24) is 9.97 Å².